The Morgan fingerprint density at radius 1 is 1.35 bits per heavy atom. The van der Waals surface area contributed by atoms with Crippen LogP contribution in [-0.2, 0) is 11.2 Å². The Morgan fingerprint density at radius 3 is 2.53 bits per heavy atom. The number of amides is 1. The van der Waals surface area contributed by atoms with Crippen molar-refractivity contribution in [2.24, 2.45) is 0 Å². The van der Waals surface area contributed by atoms with E-state index >= 15 is 0 Å². The van der Waals surface area contributed by atoms with Gasteiger partial charge in [0, 0.05) is 0 Å². The van der Waals surface area contributed by atoms with Crippen LogP contribution in [0.2, 0.25) is 0 Å². The summed E-state index contributed by atoms with van der Waals surface area (Å²) in [7, 11) is 1.73. The van der Waals surface area contributed by atoms with Crippen molar-refractivity contribution in [2.45, 2.75) is 25.4 Å². The Hall–Kier alpha value is -1.39. The first-order chi connectivity index (χ1) is 8.17. The van der Waals surface area contributed by atoms with Crippen molar-refractivity contribution in [3.8, 4) is 0 Å². The van der Waals surface area contributed by atoms with Gasteiger partial charge in [0.25, 0.3) is 0 Å². The van der Waals surface area contributed by atoms with Crippen LogP contribution in [0.5, 0.6) is 0 Å². The quantitative estimate of drug-likeness (QED) is 0.666. The van der Waals surface area contributed by atoms with Crippen LogP contribution in [0.15, 0.2) is 30.3 Å². The average molecular weight is 236 g/mol. The van der Waals surface area contributed by atoms with Crippen LogP contribution in [0.25, 0.3) is 0 Å². The summed E-state index contributed by atoms with van der Waals surface area (Å²) in [6.07, 6.45) is 0.638. The molecule has 1 rings (SSSR count). The second-order valence-corrected chi connectivity index (χ2v) is 4.09. The first kappa shape index (κ1) is 13.7. The third-order valence-electron chi connectivity index (χ3n) is 2.72. The minimum atomic E-state index is -0.250. The van der Waals surface area contributed by atoms with Crippen molar-refractivity contribution in [3.05, 3.63) is 35.9 Å². The average Bonchev–Trinajstić information content (AvgIpc) is 2.38. The number of benzene rings is 1. The van der Waals surface area contributed by atoms with Crippen LogP contribution in [0.1, 0.15) is 12.5 Å². The van der Waals surface area contributed by atoms with Crippen LogP contribution < -0.4 is 10.6 Å². The minimum absolute atomic E-state index is 0.0585. The highest BCUT2D eigenvalue weighted by atomic mass is 16.3. The summed E-state index contributed by atoms with van der Waals surface area (Å²) in [5, 5.41) is 14.9. The van der Waals surface area contributed by atoms with E-state index in [1.807, 2.05) is 30.3 Å². The molecule has 0 aromatic heterocycles. The number of carbonyl (C=O) groups excluding carboxylic acids is 1. The Morgan fingerprint density at radius 2 is 2.00 bits per heavy atom. The molecule has 0 aliphatic carbocycles. The number of rotatable bonds is 6. The molecule has 1 unspecified atom stereocenters. The lowest BCUT2D eigenvalue weighted by molar-refractivity contribution is -0.123. The van der Waals surface area contributed by atoms with Gasteiger partial charge in [0.1, 0.15) is 0 Å². The molecule has 0 bridgehead atoms. The molecule has 0 aliphatic rings. The van der Waals surface area contributed by atoms with E-state index in [1.165, 1.54) is 0 Å². The predicted molar refractivity (Wildman–Crippen MR) is 67.7 cm³/mol. The number of hydrogen-bond acceptors (Lipinski definition) is 3. The lowest BCUT2D eigenvalue weighted by Gasteiger charge is -2.19. The van der Waals surface area contributed by atoms with E-state index in [9.17, 15) is 9.90 Å². The van der Waals surface area contributed by atoms with Gasteiger partial charge in [0.05, 0.1) is 18.7 Å². The van der Waals surface area contributed by atoms with Gasteiger partial charge in [-0.25, -0.2) is 0 Å². The fourth-order valence-electron chi connectivity index (χ4n) is 1.52. The second-order valence-electron chi connectivity index (χ2n) is 4.09. The molecule has 3 N–H and O–H groups in total. The first-order valence-corrected chi connectivity index (χ1v) is 5.79. The number of carbonyl (C=O) groups is 1. The molecule has 94 valence electrons. The van der Waals surface area contributed by atoms with Gasteiger partial charge >= 0.3 is 0 Å². The molecule has 0 heterocycles. The molecule has 0 fully saturated rings. The molecule has 1 aromatic rings. The first-order valence-electron chi connectivity index (χ1n) is 5.79. The van der Waals surface area contributed by atoms with E-state index in [2.05, 4.69) is 10.6 Å². The SMILES string of the molecule is CNC(C)C(=O)N[C@H](CO)Cc1ccccc1. The lowest BCUT2D eigenvalue weighted by Crippen LogP contribution is -2.47. The molecule has 4 heteroatoms. The summed E-state index contributed by atoms with van der Waals surface area (Å²) in [4.78, 5) is 11.6. The van der Waals surface area contributed by atoms with Crippen LogP contribution in [-0.4, -0.2) is 36.8 Å². The maximum atomic E-state index is 11.6. The molecule has 0 saturated carbocycles. The fourth-order valence-corrected chi connectivity index (χ4v) is 1.52. The largest absolute Gasteiger partial charge is 0.394 e. The standard InChI is InChI=1S/C13H20N2O2/c1-10(14-2)13(17)15-12(9-16)8-11-6-4-3-5-7-11/h3-7,10,12,14,16H,8-9H2,1-2H3,(H,15,17)/t10?,12-/m0/s1. The van der Waals surface area contributed by atoms with Crippen molar-refractivity contribution < 1.29 is 9.90 Å². The minimum Gasteiger partial charge on any atom is -0.394 e. The smallest absolute Gasteiger partial charge is 0.237 e. The van der Waals surface area contributed by atoms with Gasteiger partial charge in [-0.15, -0.1) is 0 Å². The van der Waals surface area contributed by atoms with Crippen molar-refractivity contribution in [1.82, 2.24) is 10.6 Å². The zero-order valence-electron chi connectivity index (χ0n) is 10.3. The third kappa shape index (κ3) is 4.54. The highest BCUT2D eigenvalue weighted by molar-refractivity contribution is 5.81. The Kier molecular flexibility index (Phi) is 5.66. The molecule has 0 radical (unpaired) electrons. The van der Waals surface area contributed by atoms with Crippen LogP contribution in [0, 0.1) is 0 Å². The van der Waals surface area contributed by atoms with Crippen molar-refractivity contribution in [3.63, 3.8) is 0 Å². The zero-order chi connectivity index (χ0) is 12.7. The molecule has 1 amide bonds. The van der Waals surface area contributed by atoms with Gasteiger partial charge < -0.3 is 15.7 Å². The van der Waals surface area contributed by atoms with Gasteiger partial charge in [0.2, 0.25) is 5.91 Å². The summed E-state index contributed by atoms with van der Waals surface area (Å²) in [6.45, 7) is 1.73. The number of aliphatic hydroxyl groups is 1. The second kappa shape index (κ2) is 7.04. The van der Waals surface area contributed by atoms with Crippen molar-refractivity contribution >= 4 is 5.91 Å². The molecular formula is C13H20N2O2. The molecule has 0 spiro atoms. The fraction of sp³-hybridized carbons (Fsp3) is 0.462. The van der Waals surface area contributed by atoms with Gasteiger partial charge in [0.15, 0.2) is 0 Å². The van der Waals surface area contributed by atoms with E-state index in [0.29, 0.717) is 6.42 Å². The number of nitrogens with one attached hydrogen (secondary N) is 2. The number of aliphatic hydroxyl groups excluding tert-OH is 1. The van der Waals surface area contributed by atoms with E-state index in [1.54, 1.807) is 14.0 Å². The zero-order valence-corrected chi connectivity index (χ0v) is 10.3. The summed E-state index contributed by atoms with van der Waals surface area (Å²) < 4.78 is 0. The van der Waals surface area contributed by atoms with Gasteiger partial charge in [-0.2, -0.15) is 0 Å². The summed E-state index contributed by atoms with van der Waals surface area (Å²) in [5.74, 6) is -0.0949. The molecule has 17 heavy (non-hydrogen) atoms. The molecular weight excluding hydrogens is 216 g/mol. The Labute approximate surface area is 102 Å². The summed E-state index contributed by atoms with van der Waals surface area (Å²) >= 11 is 0. The maximum absolute atomic E-state index is 11.6. The molecule has 1 aromatic carbocycles. The predicted octanol–water partition coefficient (Wildman–Crippen LogP) is 0.314. The lowest BCUT2D eigenvalue weighted by atomic mass is 10.1. The number of hydrogen-bond donors (Lipinski definition) is 3. The molecule has 0 aliphatic heterocycles. The van der Waals surface area contributed by atoms with E-state index < -0.39 is 0 Å². The third-order valence-corrected chi connectivity index (χ3v) is 2.72. The highest BCUT2D eigenvalue weighted by Crippen LogP contribution is 2.03. The Balaban J connectivity index is 2.52. The van der Waals surface area contributed by atoms with Crippen LogP contribution in [0.4, 0.5) is 0 Å². The Bertz CT molecular complexity index is 341. The summed E-state index contributed by atoms with van der Waals surface area (Å²) in [6, 6.07) is 9.32. The normalized spacial score (nSPS) is 14.1. The van der Waals surface area contributed by atoms with Gasteiger partial charge in [-0.3, -0.25) is 4.79 Å². The topological polar surface area (TPSA) is 61.4 Å². The molecule has 4 nitrogen and oxygen atoms in total. The maximum Gasteiger partial charge on any atom is 0.237 e. The van der Waals surface area contributed by atoms with Crippen molar-refractivity contribution in [1.29, 1.82) is 0 Å². The number of likely N-dealkylation sites (N-methyl/N-ethyl adjacent to an activating group) is 1. The van der Waals surface area contributed by atoms with E-state index in [-0.39, 0.29) is 24.6 Å². The van der Waals surface area contributed by atoms with Crippen molar-refractivity contribution in [2.75, 3.05) is 13.7 Å². The van der Waals surface area contributed by atoms with Crippen LogP contribution >= 0.6 is 0 Å². The highest BCUT2D eigenvalue weighted by Gasteiger charge is 2.15. The molecule has 0 saturated heterocycles. The van der Waals surface area contributed by atoms with E-state index in [4.69, 9.17) is 0 Å². The van der Waals surface area contributed by atoms with E-state index in [0.717, 1.165) is 5.56 Å². The molecule has 2 atom stereocenters. The monoisotopic (exact) mass is 236 g/mol. The van der Waals surface area contributed by atoms with Gasteiger partial charge in [-0.1, -0.05) is 30.3 Å². The van der Waals surface area contributed by atoms with Crippen LogP contribution in [0.3, 0.4) is 0 Å². The van der Waals surface area contributed by atoms with Gasteiger partial charge in [-0.05, 0) is 26.0 Å². The summed E-state index contributed by atoms with van der Waals surface area (Å²) in [5.41, 5.74) is 1.10.